The zero-order valence-electron chi connectivity index (χ0n) is 18.4. The molecule has 0 spiro atoms. The molecule has 0 saturated heterocycles. The number of carbonyl (C=O) groups excluding carboxylic acids is 2. The average Bonchev–Trinajstić information content (AvgIpc) is 3.38. The van der Waals surface area contributed by atoms with Crippen LogP contribution in [0.25, 0.3) is 0 Å². The number of thiophene rings is 1. The van der Waals surface area contributed by atoms with Crippen molar-refractivity contribution in [1.82, 2.24) is 9.80 Å². The molecule has 2 aromatic carbocycles. The van der Waals surface area contributed by atoms with E-state index in [0.717, 1.165) is 17.7 Å². The SMILES string of the molecule is COc1cc(C(CCN(C)C)N2C(=O)c3cscc3C2=O)ccc1OCc1ccccc1. The number of methoxy groups -OCH3 is 1. The van der Waals surface area contributed by atoms with Crippen LogP contribution in [0.3, 0.4) is 0 Å². The van der Waals surface area contributed by atoms with Gasteiger partial charge in [0, 0.05) is 10.8 Å². The fraction of sp³-hybridized carbons (Fsp3) is 0.280. The second kappa shape index (κ2) is 9.54. The van der Waals surface area contributed by atoms with Gasteiger partial charge in [-0.15, -0.1) is 0 Å². The van der Waals surface area contributed by atoms with Crippen LogP contribution in [0.4, 0.5) is 0 Å². The second-order valence-electron chi connectivity index (χ2n) is 7.97. The Morgan fingerprint density at radius 2 is 1.66 bits per heavy atom. The summed E-state index contributed by atoms with van der Waals surface area (Å²) in [5.74, 6) is 0.711. The van der Waals surface area contributed by atoms with Crippen molar-refractivity contribution < 1.29 is 19.1 Å². The number of rotatable bonds is 9. The quantitative estimate of drug-likeness (QED) is 0.445. The summed E-state index contributed by atoms with van der Waals surface area (Å²) in [6.45, 7) is 1.15. The maximum absolute atomic E-state index is 13.1. The van der Waals surface area contributed by atoms with Crippen molar-refractivity contribution in [3.05, 3.63) is 81.5 Å². The molecule has 0 aliphatic carbocycles. The maximum atomic E-state index is 13.1. The zero-order chi connectivity index (χ0) is 22.7. The normalized spacial score (nSPS) is 14.1. The van der Waals surface area contributed by atoms with Crippen LogP contribution in [-0.2, 0) is 6.61 Å². The third kappa shape index (κ3) is 4.40. The minimum Gasteiger partial charge on any atom is -0.493 e. The van der Waals surface area contributed by atoms with Crippen molar-refractivity contribution in [3.63, 3.8) is 0 Å². The van der Waals surface area contributed by atoms with E-state index < -0.39 is 6.04 Å². The van der Waals surface area contributed by atoms with E-state index in [9.17, 15) is 9.59 Å². The van der Waals surface area contributed by atoms with Crippen molar-refractivity contribution in [1.29, 1.82) is 0 Å². The number of hydrogen-bond donors (Lipinski definition) is 0. The van der Waals surface area contributed by atoms with Crippen LogP contribution in [0.2, 0.25) is 0 Å². The Labute approximate surface area is 192 Å². The summed E-state index contributed by atoms with van der Waals surface area (Å²) < 4.78 is 11.6. The summed E-state index contributed by atoms with van der Waals surface area (Å²) in [5, 5.41) is 3.50. The summed E-state index contributed by atoms with van der Waals surface area (Å²) in [7, 11) is 5.54. The lowest BCUT2D eigenvalue weighted by Gasteiger charge is -2.28. The molecule has 1 aliphatic heterocycles. The molecule has 7 heteroatoms. The number of fused-ring (bicyclic) bond motifs is 1. The topological polar surface area (TPSA) is 59.1 Å². The Balaban J connectivity index is 1.62. The van der Waals surface area contributed by atoms with Gasteiger partial charge in [-0.25, -0.2) is 0 Å². The van der Waals surface area contributed by atoms with E-state index in [1.54, 1.807) is 17.9 Å². The van der Waals surface area contributed by atoms with Crippen LogP contribution in [0.15, 0.2) is 59.3 Å². The van der Waals surface area contributed by atoms with Crippen LogP contribution in [0.1, 0.15) is 44.3 Å². The van der Waals surface area contributed by atoms with Crippen LogP contribution in [0, 0.1) is 0 Å². The molecule has 0 saturated carbocycles. The van der Waals surface area contributed by atoms with Gasteiger partial charge in [0.25, 0.3) is 11.8 Å². The van der Waals surface area contributed by atoms with Gasteiger partial charge in [0.05, 0.1) is 24.3 Å². The molecule has 166 valence electrons. The molecule has 0 N–H and O–H groups in total. The number of benzene rings is 2. The molecule has 1 atom stereocenters. The Kier molecular flexibility index (Phi) is 6.58. The first-order valence-electron chi connectivity index (χ1n) is 10.4. The molecular formula is C25H26N2O4S. The number of amides is 2. The molecule has 0 bridgehead atoms. The first kappa shape index (κ1) is 22.0. The Morgan fingerprint density at radius 1 is 0.969 bits per heavy atom. The number of imide groups is 1. The molecular weight excluding hydrogens is 424 g/mol. The fourth-order valence-electron chi connectivity index (χ4n) is 3.83. The van der Waals surface area contributed by atoms with Crippen molar-refractivity contribution >= 4 is 23.2 Å². The fourth-order valence-corrected chi connectivity index (χ4v) is 4.63. The molecule has 2 amide bonds. The van der Waals surface area contributed by atoms with E-state index in [1.807, 2.05) is 67.5 Å². The number of ether oxygens (including phenoxy) is 2. The lowest BCUT2D eigenvalue weighted by atomic mass is 10.0. The van der Waals surface area contributed by atoms with Crippen molar-refractivity contribution in [3.8, 4) is 11.5 Å². The van der Waals surface area contributed by atoms with Crippen molar-refractivity contribution in [2.45, 2.75) is 19.1 Å². The van der Waals surface area contributed by atoms with Crippen LogP contribution >= 0.6 is 11.3 Å². The molecule has 6 nitrogen and oxygen atoms in total. The molecule has 0 fully saturated rings. The smallest absolute Gasteiger partial charge is 0.262 e. The van der Waals surface area contributed by atoms with Crippen LogP contribution < -0.4 is 9.47 Å². The zero-order valence-corrected chi connectivity index (χ0v) is 19.2. The lowest BCUT2D eigenvalue weighted by molar-refractivity contribution is 0.0567. The van der Waals surface area contributed by atoms with E-state index in [0.29, 0.717) is 35.7 Å². The third-order valence-corrected chi connectivity index (χ3v) is 6.27. The largest absolute Gasteiger partial charge is 0.493 e. The van der Waals surface area contributed by atoms with E-state index >= 15 is 0 Å². The molecule has 4 rings (SSSR count). The van der Waals surface area contributed by atoms with Crippen LogP contribution in [0.5, 0.6) is 11.5 Å². The van der Waals surface area contributed by atoms with Gasteiger partial charge in [0.1, 0.15) is 6.61 Å². The highest BCUT2D eigenvalue weighted by molar-refractivity contribution is 7.08. The van der Waals surface area contributed by atoms with Gasteiger partial charge < -0.3 is 14.4 Å². The summed E-state index contributed by atoms with van der Waals surface area (Å²) in [6, 6.07) is 15.1. The monoisotopic (exact) mass is 450 g/mol. The van der Waals surface area contributed by atoms with Gasteiger partial charge >= 0.3 is 0 Å². The van der Waals surface area contributed by atoms with E-state index in [-0.39, 0.29) is 11.8 Å². The molecule has 3 aromatic rings. The predicted molar refractivity (Wildman–Crippen MR) is 124 cm³/mol. The van der Waals surface area contributed by atoms with Gasteiger partial charge in [0.2, 0.25) is 0 Å². The highest BCUT2D eigenvalue weighted by Gasteiger charge is 2.41. The van der Waals surface area contributed by atoms with Gasteiger partial charge in [-0.3, -0.25) is 14.5 Å². The second-order valence-corrected chi connectivity index (χ2v) is 8.72. The minimum atomic E-state index is -0.396. The third-order valence-electron chi connectivity index (χ3n) is 5.53. The summed E-state index contributed by atoms with van der Waals surface area (Å²) >= 11 is 1.38. The minimum absolute atomic E-state index is 0.238. The predicted octanol–water partition coefficient (Wildman–Crippen LogP) is 4.62. The van der Waals surface area contributed by atoms with Crippen molar-refractivity contribution in [2.75, 3.05) is 27.7 Å². The maximum Gasteiger partial charge on any atom is 0.262 e. The molecule has 1 aromatic heterocycles. The first-order chi connectivity index (χ1) is 15.5. The van der Waals surface area contributed by atoms with Gasteiger partial charge in [-0.1, -0.05) is 36.4 Å². The highest BCUT2D eigenvalue weighted by Crippen LogP contribution is 2.38. The molecule has 32 heavy (non-hydrogen) atoms. The van der Waals surface area contributed by atoms with E-state index in [1.165, 1.54) is 16.2 Å². The Bertz CT molecular complexity index is 1080. The molecule has 1 aliphatic rings. The van der Waals surface area contributed by atoms with E-state index in [4.69, 9.17) is 9.47 Å². The van der Waals surface area contributed by atoms with E-state index in [2.05, 4.69) is 0 Å². The molecule has 0 radical (unpaired) electrons. The summed E-state index contributed by atoms with van der Waals surface area (Å²) in [5.41, 5.74) is 2.88. The summed E-state index contributed by atoms with van der Waals surface area (Å²) in [4.78, 5) is 29.5. The Hall–Kier alpha value is -3.16. The lowest BCUT2D eigenvalue weighted by Crippen LogP contribution is -2.36. The van der Waals surface area contributed by atoms with Gasteiger partial charge in [-0.05, 0) is 50.3 Å². The first-order valence-corrected chi connectivity index (χ1v) is 11.4. The van der Waals surface area contributed by atoms with Crippen LogP contribution in [-0.4, -0.2) is 49.4 Å². The Morgan fingerprint density at radius 3 is 2.28 bits per heavy atom. The summed E-state index contributed by atoms with van der Waals surface area (Å²) in [6.07, 6.45) is 0.617. The average molecular weight is 451 g/mol. The number of carbonyl (C=O) groups is 2. The molecule has 2 heterocycles. The van der Waals surface area contributed by atoms with Gasteiger partial charge in [0.15, 0.2) is 11.5 Å². The number of nitrogens with zero attached hydrogens (tertiary/aromatic N) is 2. The number of hydrogen-bond acceptors (Lipinski definition) is 6. The van der Waals surface area contributed by atoms with Crippen molar-refractivity contribution in [2.24, 2.45) is 0 Å². The molecule has 1 unspecified atom stereocenters. The van der Waals surface area contributed by atoms with Gasteiger partial charge in [-0.2, -0.15) is 11.3 Å². The standard InChI is InChI=1S/C25H26N2O4S/c1-26(2)12-11-21(27-24(28)19-15-32-16-20(19)25(27)29)18-9-10-22(23(13-18)30-3)31-14-17-7-5-4-6-8-17/h4-10,13,15-16,21H,11-12,14H2,1-3H3. The highest BCUT2D eigenvalue weighted by atomic mass is 32.1.